The molecule has 0 fully saturated rings. The molecule has 0 aliphatic carbocycles. The summed E-state index contributed by atoms with van der Waals surface area (Å²) in [5.74, 6) is 1.61. The molecule has 0 N–H and O–H groups in total. The molecule has 8 heteroatoms. The van der Waals surface area contributed by atoms with Crippen molar-refractivity contribution in [2.24, 2.45) is 0 Å². The average Bonchev–Trinajstić information content (AvgIpc) is 3.19. The van der Waals surface area contributed by atoms with Crippen LogP contribution in [-0.4, -0.2) is 34.1 Å². The highest BCUT2D eigenvalue weighted by atomic mass is 19.1. The van der Waals surface area contributed by atoms with Gasteiger partial charge in [0.15, 0.2) is 11.5 Å². The van der Waals surface area contributed by atoms with Crippen molar-refractivity contribution >= 4 is 11.2 Å². The van der Waals surface area contributed by atoms with E-state index in [9.17, 15) is 4.39 Å². The SMILES string of the molecule is CCn1c(Cn2ccnc2-c2cccc(F)n2)nc2cnc(C)nc21. The van der Waals surface area contributed by atoms with Crippen LogP contribution in [0.4, 0.5) is 4.39 Å². The fourth-order valence-corrected chi connectivity index (χ4v) is 2.86. The lowest BCUT2D eigenvalue weighted by molar-refractivity contribution is 0.584. The van der Waals surface area contributed by atoms with Gasteiger partial charge in [0, 0.05) is 18.9 Å². The molecule has 0 aliphatic rings. The Balaban J connectivity index is 1.77. The number of fused-ring (bicyclic) bond motifs is 1. The van der Waals surface area contributed by atoms with Gasteiger partial charge in [-0.1, -0.05) is 6.07 Å². The summed E-state index contributed by atoms with van der Waals surface area (Å²) in [5.41, 5.74) is 2.06. The summed E-state index contributed by atoms with van der Waals surface area (Å²) >= 11 is 0. The van der Waals surface area contributed by atoms with Crippen LogP contribution in [0, 0.1) is 12.9 Å². The molecule has 0 radical (unpaired) electrons. The summed E-state index contributed by atoms with van der Waals surface area (Å²) in [4.78, 5) is 21.6. The Kier molecular flexibility index (Phi) is 3.72. The second kappa shape index (κ2) is 6.04. The molecule has 7 nitrogen and oxygen atoms in total. The Bertz CT molecular complexity index is 1050. The molecule has 0 unspecified atom stereocenters. The number of aromatic nitrogens is 7. The van der Waals surface area contributed by atoms with Gasteiger partial charge in [0.1, 0.15) is 22.9 Å². The molecular weight excluding hydrogens is 321 g/mol. The first-order valence-corrected chi connectivity index (χ1v) is 7.98. The Hall–Kier alpha value is -3.16. The van der Waals surface area contributed by atoms with E-state index in [2.05, 4.69) is 24.9 Å². The van der Waals surface area contributed by atoms with Gasteiger partial charge in [0.05, 0.1) is 12.7 Å². The van der Waals surface area contributed by atoms with Gasteiger partial charge in [-0.3, -0.25) is 0 Å². The first kappa shape index (κ1) is 15.4. The molecule has 4 rings (SSSR count). The van der Waals surface area contributed by atoms with Crippen LogP contribution in [0.5, 0.6) is 0 Å². The normalized spacial score (nSPS) is 11.3. The van der Waals surface area contributed by atoms with Gasteiger partial charge in [-0.15, -0.1) is 0 Å². The van der Waals surface area contributed by atoms with Crippen molar-refractivity contribution in [2.45, 2.75) is 26.9 Å². The predicted molar refractivity (Wildman–Crippen MR) is 90.3 cm³/mol. The summed E-state index contributed by atoms with van der Waals surface area (Å²) < 4.78 is 17.4. The van der Waals surface area contributed by atoms with E-state index < -0.39 is 5.95 Å². The highest BCUT2D eigenvalue weighted by Crippen LogP contribution is 2.19. The van der Waals surface area contributed by atoms with Gasteiger partial charge in [-0.25, -0.2) is 24.9 Å². The molecule has 4 aromatic heterocycles. The molecular formula is C17H16FN7. The minimum Gasteiger partial charge on any atom is -0.322 e. The average molecular weight is 337 g/mol. The quantitative estimate of drug-likeness (QED) is 0.535. The van der Waals surface area contributed by atoms with Crippen LogP contribution in [0.25, 0.3) is 22.7 Å². The Morgan fingerprint density at radius 1 is 1.12 bits per heavy atom. The molecule has 4 aromatic rings. The van der Waals surface area contributed by atoms with Crippen LogP contribution in [0.2, 0.25) is 0 Å². The fraction of sp³-hybridized carbons (Fsp3) is 0.235. The van der Waals surface area contributed by atoms with E-state index in [0.29, 0.717) is 23.9 Å². The van der Waals surface area contributed by atoms with E-state index in [0.717, 1.165) is 23.5 Å². The lowest BCUT2D eigenvalue weighted by atomic mass is 10.3. The third-order valence-corrected chi connectivity index (χ3v) is 3.97. The lowest BCUT2D eigenvalue weighted by Gasteiger charge is -2.09. The summed E-state index contributed by atoms with van der Waals surface area (Å²) in [6.07, 6.45) is 5.24. The molecule has 4 heterocycles. The van der Waals surface area contributed by atoms with Crippen LogP contribution in [0.1, 0.15) is 18.6 Å². The molecule has 0 aromatic carbocycles. The number of rotatable bonds is 4. The molecule has 0 atom stereocenters. The van der Waals surface area contributed by atoms with Crippen molar-refractivity contribution in [2.75, 3.05) is 0 Å². The van der Waals surface area contributed by atoms with Crippen molar-refractivity contribution in [1.82, 2.24) is 34.1 Å². The maximum absolute atomic E-state index is 13.4. The lowest BCUT2D eigenvalue weighted by Crippen LogP contribution is -2.09. The van der Waals surface area contributed by atoms with Crippen LogP contribution in [-0.2, 0) is 13.1 Å². The summed E-state index contributed by atoms with van der Waals surface area (Å²) in [6.45, 7) is 5.13. The Labute approximate surface area is 143 Å². The van der Waals surface area contributed by atoms with Crippen LogP contribution >= 0.6 is 0 Å². The third kappa shape index (κ3) is 2.75. The van der Waals surface area contributed by atoms with Crippen LogP contribution < -0.4 is 0 Å². The Morgan fingerprint density at radius 3 is 2.80 bits per heavy atom. The molecule has 0 saturated carbocycles. The smallest absolute Gasteiger partial charge is 0.213 e. The first-order chi connectivity index (χ1) is 12.2. The van der Waals surface area contributed by atoms with Crippen molar-refractivity contribution in [1.29, 1.82) is 0 Å². The van der Waals surface area contributed by atoms with Crippen LogP contribution in [0.3, 0.4) is 0 Å². The molecule has 25 heavy (non-hydrogen) atoms. The largest absolute Gasteiger partial charge is 0.322 e. The number of nitrogens with zero attached hydrogens (tertiary/aromatic N) is 7. The topological polar surface area (TPSA) is 74.3 Å². The van der Waals surface area contributed by atoms with Gasteiger partial charge in [-0.2, -0.15) is 4.39 Å². The first-order valence-electron chi connectivity index (χ1n) is 7.98. The van der Waals surface area contributed by atoms with Gasteiger partial charge >= 0.3 is 0 Å². The molecule has 0 amide bonds. The maximum atomic E-state index is 13.4. The third-order valence-electron chi connectivity index (χ3n) is 3.97. The van der Waals surface area contributed by atoms with E-state index in [1.54, 1.807) is 24.5 Å². The van der Waals surface area contributed by atoms with E-state index in [1.165, 1.54) is 6.07 Å². The highest BCUT2D eigenvalue weighted by molar-refractivity contribution is 5.70. The zero-order chi connectivity index (χ0) is 17.4. The number of hydrogen-bond acceptors (Lipinski definition) is 5. The van der Waals surface area contributed by atoms with E-state index >= 15 is 0 Å². The van der Waals surface area contributed by atoms with Crippen LogP contribution in [0.15, 0.2) is 36.8 Å². The van der Waals surface area contributed by atoms with Crippen molar-refractivity contribution < 1.29 is 4.39 Å². The van der Waals surface area contributed by atoms with Crippen molar-refractivity contribution in [3.05, 3.63) is 54.4 Å². The molecule has 0 aliphatic heterocycles. The van der Waals surface area contributed by atoms with Gasteiger partial charge in [0.2, 0.25) is 5.95 Å². The van der Waals surface area contributed by atoms with Gasteiger partial charge < -0.3 is 9.13 Å². The maximum Gasteiger partial charge on any atom is 0.213 e. The van der Waals surface area contributed by atoms with Crippen molar-refractivity contribution in [3.63, 3.8) is 0 Å². The minimum absolute atomic E-state index is 0.483. The molecule has 126 valence electrons. The second-order valence-corrected chi connectivity index (χ2v) is 5.62. The standard InChI is InChI=1S/C17H16FN7/c1-3-25-15(23-13-9-20-11(2)21-17(13)25)10-24-8-7-19-16(24)12-5-4-6-14(18)22-12/h4-9H,3,10H2,1-2H3. The number of hydrogen-bond donors (Lipinski definition) is 0. The van der Waals surface area contributed by atoms with E-state index in [4.69, 9.17) is 0 Å². The summed E-state index contributed by atoms with van der Waals surface area (Å²) in [5, 5.41) is 0. The monoisotopic (exact) mass is 337 g/mol. The number of imidazole rings is 2. The molecule has 0 spiro atoms. The summed E-state index contributed by atoms with van der Waals surface area (Å²) in [7, 11) is 0. The van der Waals surface area contributed by atoms with Gasteiger partial charge in [0.25, 0.3) is 0 Å². The highest BCUT2D eigenvalue weighted by Gasteiger charge is 2.15. The predicted octanol–water partition coefficient (Wildman–Crippen LogP) is 2.60. The molecule has 0 bridgehead atoms. The zero-order valence-electron chi connectivity index (χ0n) is 13.9. The molecule has 0 saturated heterocycles. The van der Waals surface area contributed by atoms with E-state index in [1.807, 2.05) is 29.2 Å². The fourth-order valence-electron chi connectivity index (χ4n) is 2.86. The van der Waals surface area contributed by atoms with Gasteiger partial charge in [-0.05, 0) is 26.0 Å². The second-order valence-electron chi connectivity index (χ2n) is 5.62. The summed E-state index contributed by atoms with van der Waals surface area (Å²) in [6, 6.07) is 4.67. The Morgan fingerprint density at radius 2 is 2.00 bits per heavy atom. The van der Waals surface area contributed by atoms with Crippen molar-refractivity contribution in [3.8, 4) is 11.5 Å². The minimum atomic E-state index is -0.529. The number of pyridine rings is 1. The number of halogens is 1. The van der Waals surface area contributed by atoms with E-state index in [-0.39, 0.29) is 0 Å². The zero-order valence-corrected chi connectivity index (χ0v) is 13.9. The number of aryl methyl sites for hydroxylation is 2.